The Labute approximate surface area is 102 Å². The molecule has 3 nitrogen and oxygen atoms in total. The summed E-state index contributed by atoms with van der Waals surface area (Å²) < 4.78 is 13.1. The van der Waals surface area contributed by atoms with Crippen LogP contribution in [0.25, 0.3) is 0 Å². The zero-order chi connectivity index (χ0) is 12.7. The van der Waals surface area contributed by atoms with Gasteiger partial charge in [0.1, 0.15) is 5.82 Å². The Kier molecular flexibility index (Phi) is 5.94. The van der Waals surface area contributed by atoms with Crippen LogP contribution in [0.2, 0.25) is 0 Å². The average Bonchev–Trinajstić information content (AvgIpc) is 2.34. The van der Waals surface area contributed by atoms with Crippen LogP contribution >= 0.6 is 0 Å². The van der Waals surface area contributed by atoms with Crippen molar-refractivity contribution in [3.63, 3.8) is 0 Å². The lowest BCUT2D eigenvalue weighted by atomic mass is 10.1. The van der Waals surface area contributed by atoms with E-state index in [1.807, 2.05) is 0 Å². The highest BCUT2D eigenvalue weighted by molar-refractivity contribution is 5.53. The lowest BCUT2D eigenvalue weighted by molar-refractivity contribution is 0.301. The van der Waals surface area contributed by atoms with E-state index in [-0.39, 0.29) is 12.4 Å². The molecule has 0 saturated heterocycles. The van der Waals surface area contributed by atoms with E-state index >= 15 is 0 Å². The van der Waals surface area contributed by atoms with Crippen LogP contribution in [0, 0.1) is 5.82 Å². The number of benzene rings is 1. The van der Waals surface area contributed by atoms with E-state index in [1.54, 1.807) is 6.07 Å². The van der Waals surface area contributed by atoms with Gasteiger partial charge >= 0.3 is 0 Å². The fourth-order valence-electron chi connectivity index (χ4n) is 1.85. The smallest absolute Gasteiger partial charge is 0.123 e. The van der Waals surface area contributed by atoms with Gasteiger partial charge in [-0.25, -0.2) is 4.39 Å². The minimum absolute atomic E-state index is 0.0884. The number of aliphatic hydroxyl groups excluding tert-OH is 1. The number of hydrogen-bond donors (Lipinski definition) is 2. The minimum Gasteiger partial charge on any atom is -0.395 e. The molecule has 0 amide bonds. The van der Waals surface area contributed by atoms with Gasteiger partial charge in [-0.2, -0.15) is 0 Å². The number of anilines is 1. The van der Waals surface area contributed by atoms with E-state index < -0.39 is 0 Å². The molecule has 1 rings (SSSR count). The quantitative estimate of drug-likeness (QED) is 0.765. The molecular weight excluding hydrogens is 219 g/mol. The third kappa shape index (κ3) is 3.98. The first-order chi connectivity index (χ1) is 8.22. The zero-order valence-electron chi connectivity index (χ0n) is 10.3. The molecule has 1 aromatic rings. The maximum atomic E-state index is 13.1. The topological polar surface area (TPSA) is 49.5 Å². The second-order valence-corrected chi connectivity index (χ2v) is 4.04. The maximum Gasteiger partial charge on any atom is 0.123 e. The van der Waals surface area contributed by atoms with Crippen molar-refractivity contribution in [3.05, 3.63) is 29.6 Å². The molecule has 0 aliphatic carbocycles. The second kappa shape index (κ2) is 7.25. The fraction of sp³-hybridized carbons (Fsp3) is 0.538. The first-order valence-corrected chi connectivity index (χ1v) is 6.07. The lowest BCUT2D eigenvalue weighted by Gasteiger charge is -2.26. The number of unbranched alkanes of at least 4 members (excludes halogenated alkanes) is 1. The Morgan fingerprint density at radius 2 is 2.12 bits per heavy atom. The molecule has 0 unspecified atom stereocenters. The third-order valence-corrected chi connectivity index (χ3v) is 2.75. The minimum atomic E-state index is -0.270. The summed E-state index contributed by atoms with van der Waals surface area (Å²) in [4.78, 5) is 2.06. The molecule has 0 aliphatic rings. The summed E-state index contributed by atoms with van der Waals surface area (Å²) in [6, 6.07) is 4.64. The molecule has 4 heteroatoms. The number of rotatable bonds is 7. The molecule has 0 aromatic heterocycles. The summed E-state index contributed by atoms with van der Waals surface area (Å²) in [5.74, 6) is -0.270. The van der Waals surface area contributed by atoms with Gasteiger partial charge in [-0.15, -0.1) is 0 Å². The van der Waals surface area contributed by atoms with Gasteiger partial charge in [0, 0.05) is 25.3 Å². The van der Waals surface area contributed by atoms with Crippen LogP contribution in [-0.4, -0.2) is 24.8 Å². The monoisotopic (exact) mass is 240 g/mol. The number of nitrogens with zero attached hydrogens (tertiary/aromatic N) is 1. The predicted molar refractivity (Wildman–Crippen MR) is 68.5 cm³/mol. The molecule has 17 heavy (non-hydrogen) atoms. The summed E-state index contributed by atoms with van der Waals surface area (Å²) >= 11 is 0. The van der Waals surface area contributed by atoms with Crippen molar-refractivity contribution >= 4 is 5.69 Å². The van der Waals surface area contributed by atoms with Gasteiger partial charge in [-0.1, -0.05) is 13.3 Å². The summed E-state index contributed by atoms with van der Waals surface area (Å²) in [6.07, 6.45) is 2.13. The van der Waals surface area contributed by atoms with E-state index in [0.717, 1.165) is 30.6 Å². The molecule has 0 saturated carbocycles. The van der Waals surface area contributed by atoms with Crippen LogP contribution in [0.4, 0.5) is 10.1 Å². The number of hydrogen-bond acceptors (Lipinski definition) is 3. The largest absolute Gasteiger partial charge is 0.395 e. The van der Waals surface area contributed by atoms with E-state index in [2.05, 4.69) is 11.8 Å². The predicted octanol–water partition coefficient (Wildman–Crippen LogP) is 1.88. The van der Waals surface area contributed by atoms with Gasteiger partial charge < -0.3 is 15.7 Å². The molecule has 0 radical (unpaired) electrons. The van der Waals surface area contributed by atoms with E-state index in [1.165, 1.54) is 12.1 Å². The highest BCUT2D eigenvalue weighted by atomic mass is 19.1. The Bertz CT molecular complexity index is 344. The maximum absolute atomic E-state index is 13.1. The Morgan fingerprint density at radius 3 is 2.71 bits per heavy atom. The van der Waals surface area contributed by atoms with Crippen LogP contribution < -0.4 is 10.6 Å². The molecule has 96 valence electrons. The summed E-state index contributed by atoms with van der Waals surface area (Å²) in [5.41, 5.74) is 7.34. The molecule has 0 aliphatic heterocycles. The molecule has 0 fully saturated rings. The van der Waals surface area contributed by atoms with Crippen molar-refractivity contribution in [3.8, 4) is 0 Å². The van der Waals surface area contributed by atoms with Gasteiger partial charge in [0.2, 0.25) is 0 Å². The lowest BCUT2D eigenvalue weighted by Crippen LogP contribution is -2.29. The zero-order valence-corrected chi connectivity index (χ0v) is 10.3. The van der Waals surface area contributed by atoms with Gasteiger partial charge in [-0.3, -0.25) is 0 Å². The van der Waals surface area contributed by atoms with Crippen LogP contribution in [0.3, 0.4) is 0 Å². The second-order valence-electron chi connectivity index (χ2n) is 4.04. The van der Waals surface area contributed by atoms with Gasteiger partial charge in [0.25, 0.3) is 0 Å². The standard InChI is InChI=1S/C13H21FN2O/c1-2-3-6-16(7-8-17)13-5-4-12(14)9-11(13)10-15/h4-5,9,17H,2-3,6-8,10,15H2,1H3. The summed E-state index contributed by atoms with van der Waals surface area (Å²) in [6.45, 7) is 3.92. The van der Waals surface area contributed by atoms with E-state index in [9.17, 15) is 4.39 Å². The van der Waals surface area contributed by atoms with Gasteiger partial charge in [0.15, 0.2) is 0 Å². The first kappa shape index (κ1) is 13.9. The number of halogens is 1. The highest BCUT2D eigenvalue weighted by Crippen LogP contribution is 2.21. The van der Waals surface area contributed by atoms with Gasteiger partial charge in [-0.05, 0) is 30.2 Å². The third-order valence-electron chi connectivity index (χ3n) is 2.75. The van der Waals surface area contributed by atoms with Crippen LogP contribution in [0.5, 0.6) is 0 Å². The van der Waals surface area contributed by atoms with Crippen molar-refractivity contribution in [2.24, 2.45) is 5.73 Å². The van der Waals surface area contributed by atoms with Crippen molar-refractivity contribution in [1.29, 1.82) is 0 Å². The highest BCUT2D eigenvalue weighted by Gasteiger charge is 2.10. The molecule has 3 N–H and O–H groups in total. The average molecular weight is 240 g/mol. The Hall–Kier alpha value is -1.13. The Balaban J connectivity index is 2.91. The molecule has 0 atom stereocenters. The molecule has 0 heterocycles. The van der Waals surface area contributed by atoms with E-state index in [0.29, 0.717) is 13.1 Å². The van der Waals surface area contributed by atoms with Crippen LogP contribution in [-0.2, 0) is 6.54 Å². The fourth-order valence-corrected chi connectivity index (χ4v) is 1.85. The molecule has 0 spiro atoms. The Morgan fingerprint density at radius 1 is 1.35 bits per heavy atom. The van der Waals surface area contributed by atoms with Crippen LogP contribution in [0.1, 0.15) is 25.3 Å². The molecular formula is C13H21FN2O. The van der Waals surface area contributed by atoms with Gasteiger partial charge in [0.05, 0.1) is 6.61 Å². The van der Waals surface area contributed by atoms with Crippen molar-refractivity contribution in [1.82, 2.24) is 0 Å². The van der Waals surface area contributed by atoms with Crippen molar-refractivity contribution < 1.29 is 9.50 Å². The number of aliphatic hydroxyl groups is 1. The van der Waals surface area contributed by atoms with Crippen LogP contribution in [0.15, 0.2) is 18.2 Å². The van der Waals surface area contributed by atoms with Crippen molar-refractivity contribution in [2.75, 3.05) is 24.6 Å². The van der Waals surface area contributed by atoms with Crippen molar-refractivity contribution in [2.45, 2.75) is 26.3 Å². The summed E-state index contributed by atoms with van der Waals surface area (Å²) in [7, 11) is 0. The number of nitrogens with two attached hydrogens (primary N) is 1. The summed E-state index contributed by atoms with van der Waals surface area (Å²) in [5, 5.41) is 9.07. The normalized spacial score (nSPS) is 10.6. The molecule has 1 aromatic carbocycles. The molecule has 0 bridgehead atoms. The van der Waals surface area contributed by atoms with E-state index in [4.69, 9.17) is 10.8 Å². The first-order valence-electron chi connectivity index (χ1n) is 6.07. The SMILES string of the molecule is CCCCN(CCO)c1ccc(F)cc1CN.